The van der Waals surface area contributed by atoms with Gasteiger partial charge in [0.25, 0.3) is 0 Å². The minimum atomic E-state index is -1.37. The van der Waals surface area contributed by atoms with E-state index in [1.54, 1.807) is 30.3 Å². The van der Waals surface area contributed by atoms with Gasteiger partial charge in [0, 0.05) is 6.42 Å². The predicted octanol–water partition coefficient (Wildman–Crippen LogP) is -0.761. The second kappa shape index (κ2) is 12.0. The Kier molecular flexibility index (Phi) is 10.0. The number of amides is 3. The number of nitrogens with two attached hydrogens (primary N) is 2. The second-order valence-electron chi connectivity index (χ2n) is 6.20. The third kappa shape index (κ3) is 8.40. The number of nitrogens with one attached hydrogen (secondary N) is 2. The van der Waals surface area contributed by atoms with E-state index in [1.807, 2.05) is 6.26 Å². The quantitative estimate of drug-likeness (QED) is 0.302. The van der Waals surface area contributed by atoms with Crippen molar-refractivity contribution in [3.05, 3.63) is 35.9 Å². The summed E-state index contributed by atoms with van der Waals surface area (Å²) in [5, 5.41) is 13.8. The van der Waals surface area contributed by atoms with Crippen LogP contribution >= 0.6 is 11.8 Å². The van der Waals surface area contributed by atoms with Crippen LogP contribution in [0, 0.1) is 0 Å². The van der Waals surface area contributed by atoms with Gasteiger partial charge in [-0.05, 0) is 24.0 Å². The summed E-state index contributed by atoms with van der Waals surface area (Å²) in [5.41, 5.74) is 11.9. The van der Waals surface area contributed by atoms with Crippen LogP contribution in [0.1, 0.15) is 18.4 Å². The van der Waals surface area contributed by atoms with Gasteiger partial charge in [0.1, 0.15) is 12.1 Å². The number of hydrogen-bond acceptors (Lipinski definition) is 6. The molecule has 0 spiro atoms. The highest BCUT2D eigenvalue weighted by Gasteiger charge is 2.29. The zero-order chi connectivity index (χ0) is 21.1. The topological polar surface area (TPSA) is 165 Å². The van der Waals surface area contributed by atoms with E-state index in [-0.39, 0.29) is 6.42 Å². The fourth-order valence-corrected chi connectivity index (χ4v) is 2.87. The third-order valence-corrected chi connectivity index (χ3v) is 4.57. The summed E-state index contributed by atoms with van der Waals surface area (Å²) in [6.07, 6.45) is 1.74. The molecule has 10 heteroatoms. The van der Waals surface area contributed by atoms with Gasteiger partial charge in [-0.2, -0.15) is 11.8 Å². The minimum Gasteiger partial charge on any atom is -0.481 e. The van der Waals surface area contributed by atoms with E-state index in [2.05, 4.69) is 10.6 Å². The molecular weight excluding hydrogens is 384 g/mol. The maximum atomic E-state index is 12.5. The molecular formula is C18H26N4O5S. The fourth-order valence-electron chi connectivity index (χ4n) is 2.38. The fraction of sp³-hybridized carbons (Fsp3) is 0.444. The van der Waals surface area contributed by atoms with Gasteiger partial charge < -0.3 is 27.2 Å². The summed E-state index contributed by atoms with van der Waals surface area (Å²) in [5.74, 6) is -2.85. The zero-order valence-electron chi connectivity index (χ0n) is 15.6. The van der Waals surface area contributed by atoms with Crippen LogP contribution < -0.4 is 22.1 Å². The molecule has 0 aliphatic carbocycles. The molecule has 0 aliphatic heterocycles. The molecule has 3 amide bonds. The average Bonchev–Trinajstić information content (AvgIpc) is 2.65. The second-order valence-corrected chi connectivity index (χ2v) is 7.19. The van der Waals surface area contributed by atoms with Crippen molar-refractivity contribution in [3.63, 3.8) is 0 Å². The molecule has 0 aliphatic rings. The number of carbonyl (C=O) groups excluding carboxylic acids is 3. The Morgan fingerprint density at radius 1 is 1.07 bits per heavy atom. The molecule has 0 fully saturated rings. The van der Waals surface area contributed by atoms with Gasteiger partial charge in [0.05, 0.1) is 12.5 Å². The molecule has 1 rings (SSSR count). The van der Waals surface area contributed by atoms with E-state index in [4.69, 9.17) is 16.6 Å². The van der Waals surface area contributed by atoms with Crippen LogP contribution in [0.4, 0.5) is 0 Å². The van der Waals surface area contributed by atoms with Gasteiger partial charge in [-0.15, -0.1) is 0 Å². The number of rotatable bonds is 12. The van der Waals surface area contributed by atoms with Crippen LogP contribution in [0.5, 0.6) is 0 Å². The van der Waals surface area contributed by atoms with Crippen LogP contribution in [0.2, 0.25) is 0 Å². The highest BCUT2D eigenvalue weighted by Crippen LogP contribution is 2.05. The molecule has 0 saturated heterocycles. The van der Waals surface area contributed by atoms with Crippen LogP contribution in [-0.4, -0.2) is 58.9 Å². The predicted molar refractivity (Wildman–Crippen MR) is 106 cm³/mol. The summed E-state index contributed by atoms with van der Waals surface area (Å²) in [7, 11) is 0. The average molecular weight is 410 g/mol. The first kappa shape index (κ1) is 23.4. The zero-order valence-corrected chi connectivity index (χ0v) is 16.4. The van der Waals surface area contributed by atoms with Crippen molar-refractivity contribution in [2.24, 2.45) is 11.5 Å². The maximum absolute atomic E-state index is 12.5. The molecule has 0 bridgehead atoms. The Bertz CT molecular complexity index is 686. The molecule has 28 heavy (non-hydrogen) atoms. The number of thioether (sulfide) groups is 1. The first-order valence-corrected chi connectivity index (χ1v) is 10.0. The summed E-state index contributed by atoms with van der Waals surface area (Å²) >= 11 is 1.51. The lowest BCUT2D eigenvalue weighted by atomic mass is 10.0. The summed E-state index contributed by atoms with van der Waals surface area (Å²) in [6, 6.07) is 5.60. The number of aliphatic carboxylic acids is 1. The Labute approximate surface area is 167 Å². The standard InChI is InChI=1S/C18H26N4O5S/c1-28-8-7-12(19)17(26)22-14(10-15(23)24)18(27)21-13(16(20)25)9-11-5-3-2-4-6-11/h2-6,12-14H,7-10,19H2,1H3,(H2,20,25)(H,21,27)(H,22,26)(H,23,24). The van der Waals surface area contributed by atoms with Crippen molar-refractivity contribution in [1.29, 1.82) is 0 Å². The van der Waals surface area contributed by atoms with Gasteiger partial charge >= 0.3 is 5.97 Å². The Balaban J connectivity index is 2.82. The van der Waals surface area contributed by atoms with Crippen LogP contribution in [0.15, 0.2) is 30.3 Å². The van der Waals surface area contributed by atoms with E-state index < -0.39 is 48.2 Å². The van der Waals surface area contributed by atoms with Gasteiger partial charge in [-0.3, -0.25) is 19.2 Å². The summed E-state index contributed by atoms with van der Waals surface area (Å²) in [4.78, 5) is 47.5. The minimum absolute atomic E-state index is 0.142. The van der Waals surface area contributed by atoms with Crippen molar-refractivity contribution in [2.75, 3.05) is 12.0 Å². The number of benzene rings is 1. The third-order valence-electron chi connectivity index (χ3n) is 3.92. The molecule has 1 aromatic carbocycles. The number of carboxylic acids is 1. The van der Waals surface area contributed by atoms with Crippen molar-refractivity contribution < 1.29 is 24.3 Å². The highest BCUT2D eigenvalue weighted by atomic mass is 32.2. The Morgan fingerprint density at radius 2 is 1.68 bits per heavy atom. The Hall–Kier alpha value is -2.59. The number of carbonyl (C=O) groups is 4. The Morgan fingerprint density at radius 3 is 2.21 bits per heavy atom. The van der Waals surface area contributed by atoms with E-state index in [9.17, 15) is 19.2 Å². The lowest BCUT2D eigenvalue weighted by molar-refractivity contribution is -0.141. The molecule has 9 nitrogen and oxygen atoms in total. The molecule has 1 aromatic rings. The monoisotopic (exact) mass is 410 g/mol. The normalized spacial score (nSPS) is 13.8. The SMILES string of the molecule is CSCCC(N)C(=O)NC(CC(=O)O)C(=O)NC(Cc1ccccc1)C(N)=O. The van der Waals surface area contributed by atoms with Crippen molar-refractivity contribution in [2.45, 2.75) is 37.4 Å². The summed E-state index contributed by atoms with van der Waals surface area (Å²) in [6.45, 7) is 0. The lowest BCUT2D eigenvalue weighted by Crippen LogP contribution is -2.56. The maximum Gasteiger partial charge on any atom is 0.305 e. The smallest absolute Gasteiger partial charge is 0.305 e. The van der Waals surface area contributed by atoms with Gasteiger partial charge in [0.15, 0.2) is 0 Å². The van der Waals surface area contributed by atoms with Gasteiger partial charge in [-0.1, -0.05) is 30.3 Å². The van der Waals surface area contributed by atoms with Gasteiger partial charge in [0.2, 0.25) is 17.7 Å². The molecule has 0 radical (unpaired) electrons. The van der Waals surface area contributed by atoms with E-state index in [0.717, 1.165) is 5.56 Å². The first-order chi connectivity index (χ1) is 13.2. The van der Waals surface area contributed by atoms with Crippen LogP contribution in [0.25, 0.3) is 0 Å². The summed E-state index contributed by atoms with van der Waals surface area (Å²) < 4.78 is 0. The molecule has 3 atom stereocenters. The van der Waals surface area contributed by atoms with Crippen LogP contribution in [0.3, 0.4) is 0 Å². The molecule has 7 N–H and O–H groups in total. The number of hydrogen-bond donors (Lipinski definition) is 5. The van der Waals surface area contributed by atoms with E-state index in [1.165, 1.54) is 11.8 Å². The highest BCUT2D eigenvalue weighted by molar-refractivity contribution is 7.98. The lowest BCUT2D eigenvalue weighted by Gasteiger charge is -2.22. The van der Waals surface area contributed by atoms with Crippen molar-refractivity contribution >= 4 is 35.5 Å². The largest absolute Gasteiger partial charge is 0.481 e. The first-order valence-electron chi connectivity index (χ1n) is 8.64. The van der Waals surface area contributed by atoms with Crippen LogP contribution in [-0.2, 0) is 25.6 Å². The van der Waals surface area contributed by atoms with Crippen molar-refractivity contribution in [3.8, 4) is 0 Å². The molecule has 0 aromatic heterocycles. The van der Waals surface area contributed by atoms with Crippen molar-refractivity contribution in [1.82, 2.24) is 10.6 Å². The molecule has 3 unspecified atom stereocenters. The number of carboxylic acid groups (broad SMARTS) is 1. The molecule has 154 valence electrons. The van der Waals surface area contributed by atoms with E-state index >= 15 is 0 Å². The van der Waals surface area contributed by atoms with E-state index in [0.29, 0.717) is 12.2 Å². The molecule has 0 saturated carbocycles. The number of primary amides is 1. The molecule has 0 heterocycles. The van der Waals surface area contributed by atoms with Gasteiger partial charge in [-0.25, -0.2) is 0 Å².